The number of para-hydroxylation sites is 1. The Labute approximate surface area is 164 Å². The van der Waals surface area contributed by atoms with Gasteiger partial charge < -0.3 is 10.3 Å². The molecule has 0 saturated carbocycles. The van der Waals surface area contributed by atoms with Gasteiger partial charge in [0.25, 0.3) is 5.56 Å². The number of hydrogen-bond donors (Lipinski definition) is 3. The summed E-state index contributed by atoms with van der Waals surface area (Å²) in [6.45, 7) is 2.52. The zero-order valence-corrected chi connectivity index (χ0v) is 16.1. The van der Waals surface area contributed by atoms with Gasteiger partial charge in [-0.05, 0) is 18.6 Å². The number of imide groups is 1. The Morgan fingerprint density at radius 2 is 2.04 bits per heavy atom. The van der Waals surface area contributed by atoms with Crippen molar-refractivity contribution in [3.8, 4) is 5.69 Å². The van der Waals surface area contributed by atoms with E-state index in [4.69, 9.17) is 0 Å². The number of carbonyl (C=O) groups excluding carboxylic acids is 2. The molecule has 0 saturated heterocycles. The number of H-pyrrole nitrogens is 1. The third kappa shape index (κ3) is 4.77. The lowest BCUT2D eigenvalue weighted by Gasteiger charge is -2.06. The molecule has 10 heteroatoms. The third-order valence-corrected chi connectivity index (χ3v) is 4.70. The first-order valence-electron chi connectivity index (χ1n) is 8.82. The van der Waals surface area contributed by atoms with E-state index in [0.29, 0.717) is 17.6 Å². The Morgan fingerprint density at radius 1 is 1.25 bits per heavy atom. The van der Waals surface area contributed by atoms with Gasteiger partial charge >= 0.3 is 6.03 Å². The molecule has 0 aliphatic rings. The molecule has 146 valence electrons. The van der Waals surface area contributed by atoms with Crippen molar-refractivity contribution in [2.75, 3.05) is 12.3 Å². The monoisotopic (exact) mass is 400 g/mol. The van der Waals surface area contributed by atoms with Crippen molar-refractivity contribution in [3.63, 3.8) is 0 Å². The quantitative estimate of drug-likeness (QED) is 0.316. The van der Waals surface area contributed by atoms with Gasteiger partial charge in [-0.2, -0.15) is 5.10 Å². The maximum atomic E-state index is 12.3. The van der Waals surface area contributed by atoms with Gasteiger partial charge in [0.1, 0.15) is 5.39 Å². The number of rotatable bonds is 7. The number of benzene rings is 1. The van der Waals surface area contributed by atoms with Crippen LogP contribution in [0.5, 0.6) is 0 Å². The summed E-state index contributed by atoms with van der Waals surface area (Å²) in [4.78, 5) is 42.8. The summed E-state index contributed by atoms with van der Waals surface area (Å²) in [5.74, 6) is -0.534. The van der Waals surface area contributed by atoms with Crippen LogP contribution in [0.15, 0.2) is 46.5 Å². The molecule has 3 N–H and O–H groups in total. The van der Waals surface area contributed by atoms with E-state index in [1.807, 2.05) is 37.3 Å². The topological polar surface area (TPSA) is 122 Å². The Morgan fingerprint density at radius 3 is 2.79 bits per heavy atom. The molecule has 0 fully saturated rings. The lowest BCUT2D eigenvalue weighted by Crippen LogP contribution is -2.40. The van der Waals surface area contributed by atoms with Gasteiger partial charge in [-0.1, -0.05) is 43.3 Å². The molecule has 2 heterocycles. The minimum absolute atomic E-state index is 0.0604. The zero-order chi connectivity index (χ0) is 19.9. The molecule has 0 aliphatic carbocycles. The van der Waals surface area contributed by atoms with Crippen molar-refractivity contribution in [3.05, 3.63) is 46.9 Å². The van der Waals surface area contributed by atoms with Gasteiger partial charge in [-0.15, -0.1) is 0 Å². The smallest absolute Gasteiger partial charge is 0.321 e. The summed E-state index contributed by atoms with van der Waals surface area (Å²) in [5, 5.41) is 9.71. The van der Waals surface area contributed by atoms with Crippen LogP contribution in [-0.4, -0.2) is 44.0 Å². The minimum atomic E-state index is -0.530. The summed E-state index contributed by atoms with van der Waals surface area (Å²) in [5.41, 5.74) is 0.829. The fourth-order valence-electron chi connectivity index (χ4n) is 2.44. The van der Waals surface area contributed by atoms with Crippen LogP contribution in [-0.2, 0) is 4.79 Å². The Hall–Kier alpha value is -3.14. The highest BCUT2D eigenvalue weighted by atomic mass is 32.2. The van der Waals surface area contributed by atoms with Gasteiger partial charge in [0, 0.05) is 6.54 Å². The van der Waals surface area contributed by atoms with E-state index in [9.17, 15) is 14.4 Å². The first kappa shape index (κ1) is 19.6. The molecule has 0 unspecified atom stereocenters. The van der Waals surface area contributed by atoms with E-state index < -0.39 is 11.9 Å². The number of aromatic nitrogens is 4. The Balaban J connectivity index is 1.69. The number of urea groups is 1. The van der Waals surface area contributed by atoms with Crippen molar-refractivity contribution < 1.29 is 9.59 Å². The van der Waals surface area contributed by atoms with Crippen LogP contribution in [0.4, 0.5) is 4.79 Å². The van der Waals surface area contributed by atoms with E-state index >= 15 is 0 Å². The van der Waals surface area contributed by atoms with Crippen LogP contribution in [0.2, 0.25) is 0 Å². The van der Waals surface area contributed by atoms with Gasteiger partial charge in [-0.25, -0.2) is 14.5 Å². The van der Waals surface area contributed by atoms with Crippen LogP contribution in [0.1, 0.15) is 19.8 Å². The summed E-state index contributed by atoms with van der Waals surface area (Å²) < 4.78 is 1.57. The van der Waals surface area contributed by atoms with Crippen molar-refractivity contribution in [2.24, 2.45) is 0 Å². The lowest BCUT2D eigenvalue weighted by atomic mass is 10.3. The number of hydrogen-bond acceptors (Lipinski definition) is 6. The molecule has 2 aromatic heterocycles. The highest BCUT2D eigenvalue weighted by Gasteiger charge is 2.13. The molecule has 0 aliphatic heterocycles. The number of nitrogens with zero attached hydrogens (tertiary/aromatic N) is 3. The van der Waals surface area contributed by atoms with Crippen LogP contribution in [0, 0.1) is 0 Å². The average molecular weight is 400 g/mol. The molecule has 3 amide bonds. The van der Waals surface area contributed by atoms with E-state index in [1.54, 1.807) is 4.68 Å². The predicted octanol–water partition coefficient (Wildman–Crippen LogP) is 1.83. The number of amides is 3. The van der Waals surface area contributed by atoms with Crippen molar-refractivity contribution >= 4 is 34.7 Å². The van der Waals surface area contributed by atoms with Crippen LogP contribution in [0.25, 0.3) is 16.7 Å². The van der Waals surface area contributed by atoms with Gasteiger partial charge in [-0.3, -0.25) is 14.9 Å². The first-order chi connectivity index (χ1) is 13.6. The van der Waals surface area contributed by atoms with Crippen molar-refractivity contribution in [2.45, 2.75) is 24.9 Å². The van der Waals surface area contributed by atoms with Crippen LogP contribution in [0.3, 0.4) is 0 Å². The number of unbranched alkanes of at least 4 members (excludes halogenated alkanes) is 1. The first-order valence-corrected chi connectivity index (χ1v) is 9.81. The molecule has 0 spiro atoms. The molecule has 1 aromatic carbocycles. The number of aromatic amines is 1. The summed E-state index contributed by atoms with van der Waals surface area (Å²) in [7, 11) is 0. The number of thioether (sulfide) groups is 1. The van der Waals surface area contributed by atoms with E-state index in [2.05, 4.69) is 25.7 Å². The fraction of sp³-hybridized carbons (Fsp3) is 0.278. The fourth-order valence-corrected chi connectivity index (χ4v) is 3.10. The Bertz CT molecular complexity index is 1030. The van der Waals surface area contributed by atoms with E-state index in [1.165, 1.54) is 6.20 Å². The number of nitrogens with one attached hydrogen (secondary N) is 3. The zero-order valence-electron chi connectivity index (χ0n) is 15.3. The standard InChI is InChI=1S/C18H20N6O3S/c1-2-3-9-19-17(27)21-14(25)11-28-18-22-15-13(16(26)23-18)10-20-24(15)12-7-5-4-6-8-12/h4-8,10H,2-3,9,11H2,1H3,(H,22,23,26)(H2,19,21,25,27). The highest BCUT2D eigenvalue weighted by molar-refractivity contribution is 7.99. The molecule has 28 heavy (non-hydrogen) atoms. The van der Waals surface area contributed by atoms with Crippen LogP contribution >= 0.6 is 11.8 Å². The van der Waals surface area contributed by atoms with Gasteiger partial charge in [0.2, 0.25) is 5.91 Å². The molecular weight excluding hydrogens is 380 g/mol. The summed E-state index contributed by atoms with van der Waals surface area (Å²) in [6.07, 6.45) is 3.25. The highest BCUT2D eigenvalue weighted by Crippen LogP contribution is 2.17. The molecule has 0 atom stereocenters. The second kappa shape index (κ2) is 9.18. The second-order valence-corrected chi connectivity index (χ2v) is 6.91. The van der Waals surface area contributed by atoms with E-state index in [-0.39, 0.29) is 16.5 Å². The average Bonchev–Trinajstić information content (AvgIpc) is 3.12. The molecule has 3 rings (SSSR count). The largest absolute Gasteiger partial charge is 0.338 e. The predicted molar refractivity (Wildman–Crippen MR) is 107 cm³/mol. The summed E-state index contributed by atoms with van der Waals surface area (Å²) in [6, 6.07) is 8.79. The molecular formula is C18H20N6O3S. The maximum Gasteiger partial charge on any atom is 0.321 e. The second-order valence-electron chi connectivity index (χ2n) is 5.95. The van der Waals surface area contributed by atoms with Crippen LogP contribution < -0.4 is 16.2 Å². The molecule has 0 radical (unpaired) electrons. The third-order valence-electron chi connectivity index (χ3n) is 3.83. The number of fused-ring (bicyclic) bond motifs is 1. The normalized spacial score (nSPS) is 10.8. The Kier molecular flexibility index (Phi) is 6.43. The lowest BCUT2D eigenvalue weighted by molar-refractivity contribution is -0.117. The van der Waals surface area contributed by atoms with Gasteiger partial charge in [0.05, 0.1) is 17.6 Å². The van der Waals surface area contributed by atoms with Crippen molar-refractivity contribution in [1.29, 1.82) is 0 Å². The van der Waals surface area contributed by atoms with Gasteiger partial charge in [0.15, 0.2) is 10.8 Å². The molecule has 9 nitrogen and oxygen atoms in total. The SMILES string of the molecule is CCCCNC(=O)NC(=O)CSc1nc2c(cnn2-c2ccccc2)c(=O)[nH]1. The van der Waals surface area contributed by atoms with Crippen molar-refractivity contribution in [1.82, 2.24) is 30.4 Å². The molecule has 0 bridgehead atoms. The van der Waals surface area contributed by atoms with E-state index in [0.717, 1.165) is 30.3 Å². The maximum absolute atomic E-state index is 12.3. The molecule has 3 aromatic rings. The number of carbonyl (C=O) groups is 2. The summed E-state index contributed by atoms with van der Waals surface area (Å²) >= 11 is 1.04. The minimum Gasteiger partial charge on any atom is -0.338 e.